The molecule has 0 unspecified atom stereocenters. The Kier molecular flexibility index (Phi) is 5.86. The molecule has 8 nitrogen and oxygen atoms in total. The minimum absolute atomic E-state index is 0.0348. The molecule has 0 saturated heterocycles. The zero-order chi connectivity index (χ0) is 26.6. The van der Waals surface area contributed by atoms with Crippen molar-refractivity contribution in [2.45, 2.75) is 39.8 Å². The van der Waals surface area contributed by atoms with Crippen LogP contribution in [-0.4, -0.2) is 54.5 Å². The summed E-state index contributed by atoms with van der Waals surface area (Å²) in [4.78, 5) is 36.6. The third-order valence-electron chi connectivity index (χ3n) is 7.74. The second kappa shape index (κ2) is 9.24. The van der Waals surface area contributed by atoms with Gasteiger partial charge in [0, 0.05) is 68.1 Å². The molecular formula is C29H29FN6O2. The molecule has 2 aliphatic rings. The van der Waals surface area contributed by atoms with Gasteiger partial charge < -0.3 is 14.8 Å². The molecule has 0 saturated carbocycles. The first kappa shape index (κ1) is 24.1. The predicted molar refractivity (Wildman–Crippen MR) is 142 cm³/mol. The largest absolute Gasteiger partial charge is 0.348 e. The Balaban J connectivity index is 1.49. The molecule has 2 aliphatic heterocycles. The molecule has 0 aliphatic carbocycles. The van der Waals surface area contributed by atoms with Gasteiger partial charge in [-0.2, -0.15) is 5.10 Å². The van der Waals surface area contributed by atoms with E-state index >= 15 is 4.39 Å². The molecule has 1 aromatic carbocycles. The number of carbonyl (C=O) groups is 2. The van der Waals surface area contributed by atoms with Crippen LogP contribution in [0.25, 0.3) is 27.6 Å². The summed E-state index contributed by atoms with van der Waals surface area (Å²) in [5.74, 6) is -0.645. The van der Waals surface area contributed by atoms with E-state index in [4.69, 9.17) is 0 Å². The van der Waals surface area contributed by atoms with E-state index in [1.54, 1.807) is 39.1 Å². The third kappa shape index (κ3) is 3.89. The Bertz CT molecular complexity index is 1630. The predicted octanol–water partition coefficient (Wildman–Crippen LogP) is 4.46. The van der Waals surface area contributed by atoms with E-state index in [1.165, 1.54) is 6.92 Å². The van der Waals surface area contributed by atoms with Crippen molar-refractivity contribution in [2.24, 2.45) is 7.05 Å². The van der Waals surface area contributed by atoms with Crippen LogP contribution in [0.15, 0.2) is 42.9 Å². The van der Waals surface area contributed by atoms with Gasteiger partial charge in [0.2, 0.25) is 5.91 Å². The number of carbonyl (C=O) groups excluding carboxylic acids is 2. The van der Waals surface area contributed by atoms with Crippen molar-refractivity contribution in [3.8, 4) is 11.1 Å². The molecule has 38 heavy (non-hydrogen) atoms. The molecule has 0 fully saturated rings. The van der Waals surface area contributed by atoms with Gasteiger partial charge in [-0.3, -0.25) is 19.3 Å². The zero-order valence-corrected chi connectivity index (χ0v) is 21.7. The molecule has 6 rings (SSSR count). The fourth-order valence-corrected chi connectivity index (χ4v) is 5.61. The van der Waals surface area contributed by atoms with Gasteiger partial charge in [-0.1, -0.05) is 13.0 Å². The Hall–Kier alpha value is -4.27. The summed E-state index contributed by atoms with van der Waals surface area (Å²) < 4.78 is 18.0. The molecule has 0 radical (unpaired) electrons. The number of amides is 2. The van der Waals surface area contributed by atoms with Gasteiger partial charge in [0.25, 0.3) is 5.91 Å². The van der Waals surface area contributed by atoms with Crippen LogP contribution in [0.3, 0.4) is 0 Å². The molecule has 194 valence electrons. The molecule has 1 N–H and O–H groups in total. The zero-order valence-electron chi connectivity index (χ0n) is 21.7. The first-order valence-electron chi connectivity index (χ1n) is 12.9. The van der Waals surface area contributed by atoms with E-state index in [-0.39, 0.29) is 17.3 Å². The quantitative estimate of drug-likeness (QED) is 0.438. The second-order valence-corrected chi connectivity index (χ2v) is 10.0. The van der Waals surface area contributed by atoms with Crippen LogP contribution in [-0.2, 0) is 31.4 Å². The number of rotatable bonds is 4. The second-order valence-electron chi connectivity index (χ2n) is 10.0. The Morgan fingerprint density at radius 2 is 1.92 bits per heavy atom. The van der Waals surface area contributed by atoms with Crippen molar-refractivity contribution < 1.29 is 14.0 Å². The van der Waals surface area contributed by atoms with Crippen molar-refractivity contribution in [3.05, 3.63) is 76.8 Å². The lowest BCUT2D eigenvalue weighted by Gasteiger charge is -2.27. The van der Waals surface area contributed by atoms with Gasteiger partial charge in [-0.25, -0.2) is 4.39 Å². The summed E-state index contributed by atoms with van der Waals surface area (Å²) in [7, 11) is 1.87. The van der Waals surface area contributed by atoms with E-state index in [1.807, 2.05) is 25.3 Å². The van der Waals surface area contributed by atoms with Crippen molar-refractivity contribution >= 4 is 28.3 Å². The maximum absolute atomic E-state index is 16.2. The topological polar surface area (TPSA) is 87.1 Å². The molecule has 2 amide bonds. The number of hydrogen-bond donors (Lipinski definition) is 1. The maximum Gasteiger partial charge on any atom is 0.270 e. The van der Waals surface area contributed by atoms with Crippen LogP contribution < -0.4 is 0 Å². The monoisotopic (exact) mass is 512 g/mol. The number of pyridine rings is 1. The van der Waals surface area contributed by atoms with Crippen molar-refractivity contribution in [1.82, 2.24) is 29.5 Å². The lowest BCUT2D eigenvalue weighted by atomic mass is 9.91. The van der Waals surface area contributed by atoms with Crippen LogP contribution >= 0.6 is 0 Å². The number of nitrogens with zero attached hydrogens (tertiary/aromatic N) is 5. The van der Waals surface area contributed by atoms with Crippen molar-refractivity contribution in [1.29, 1.82) is 0 Å². The van der Waals surface area contributed by atoms with E-state index < -0.39 is 5.82 Å². The lowest BCUT2D eigenvalue weighted by Crippen LogP contribution is -2.33. The summed E-state index contributed by atoms with van der Waals surface area (Å²) in [6, 6.07) is 5.57. The first-order valence-corrected chi connectivity index (χ1v) is 12.9. The molecule has 0 spiro atoms. The SMILES string of the molecule is CCc1ccncc1-c1cc(C2=CCCN(C(C)=O)C2)c(F)c2[nH]c(C(=O)N3Cc4cnn(C)c4C3)cc12. The summed E-state index contributed by atoms with van der Waals surface area (Å²) in [5.41, 5.74) is 6.64. The summed E-state index contributed by atoms with van der Waals surface area (Å²) in [6.45, 7) is 5.49. The van der Waals surface area contributed by atoms with Crippen LogP contribution in [0, 0.1) is 5.82 Å². The minimum Gasteiger partial charge on any atom is -0.348 e. The molecular weight excluding hydrogens is 483 g/mol. The van der Waals surface area contributed by atoms with Crippen LogP contribution in [0.2, 0.25) is 0 Å². The highest BCUT2D eigenvalue weighted by molar-refractivity contribution is 6.05. The van der Waals surface area contributed by atoms with Crippen molar-refractivity contribution in [3.63, 3.8) is 0 Å². The average Bonchev–Trinajstić information content (AvgIpc) is 3.65. The lowest BCUT2D eigenvalue weighted by molar-refractivity contribution is -0.128. The maximum atomic E-state index is 16.2. The van der Waals surface area contributed by atoms with Gasteiger partial charge in [0.05, 0.1) is 24.0 Å². The highest BCUT2D eigenvalue weighted by atomic mass is 19.1. The van der Waals surface area contributed by atoms with Gasteiger partial charge in [-0.05, 0) is 47.7 Å². The van der Waals surface area contributed by atoms with Gasteiger partial charge in [0.15, 0.2) is 5.82 Å². The number of halogens is 1. The standard InChI is InChI=1S/C29H29FN6O2/c1-4-18-7-8-31-13-24(18)22-10-21(19-6-5-9-35(14-19)17(2)37)27(30)28-23(22)11-25(33-28)29(38)36-15-20-12-32-34(3)26(20)16-36/h6-8,10-13,33H,4-5,9,14-16H2,1-3H3. The molecule has 9 heteroatoms. The number of hydrogen-bond acceptors (Lipinski definition) is 4. The molecule has 0 bridgehead atoms. The van der Waals surface area contributed by atoms with Crippen LogP contribution in [0.5, 0.6) is 0 Å². The number of benzene rings is 1. The van der Waals surface area contributed by atoms with Gasteiger partial charge in [0.1, 0.15) is 5.69 Å². The number of aromatic amines is 1. The Morgan fingerprint density at radius 1 is 1.08 bits per heavy atom. The Morgan fingerprint density at radius 3 is 2.68 bits per heavy atom. The Labute approximate surface area is 219 Å². The van der Waals surface area contributed by atoms with Gasteiger partial charge >= 0.3 is 0 Å². The number of nitrogens with one attached hydrogen (secondary N) is 1. The van der Waals surface area contributed by atoms with Gasteiger partial charge in [-0.15, -0.1) is 0 Å². The normalized spacial score (nSPS) is 15.2. The first-order chi connectivity index (χ1) is 18.4. The summed E-state index contributed by atoms with van der Waals surface area (Å²) in [6.07, 6.45) is 8.78. The molecule has 3 aromatic heterocycles. The van der Waals surface area contributed by atoms with E-state index in [0.29, 0.717) is 49.2 Å². The van der Waals surface area contributed by atoms with E-state index in [0.717, 1.165) is 39.9 Å². The average molecular weight is 513 g/mol. The van der Waals surface area contributed by atoms with Crippen LogP contribution in [0.4, 0.5) is 4.39 Å². The number of H-pyrrole nitrogens is 1. The molecule has 0 atom stereocenters. The highest BCUT2D eigenvalue weighted by Crippen LogP contribution is 2.38. The summed E-state index contributed by atoms with van der Waals surface area (Å²) in [5, 5.41) is 4.90. The van der Waals surface area contributed by atoms with E-state index in [9.17, 15) is 9.59 Å². The van der Waals surface area contributed by atoms with E-state index in [2.05, 4.69) is 22.0 Å². The smallest absolute Gasteiger partial charge is 0.270 e. The third-order valence-corrected chi connectivity index (χ3v) is 7.74. The van der Waals surface area contributed by atoms with Crippen molar-refractivity contribution in [2.75, 3.05) is 13.1 Å². The highest BCUT2D eigenvalue weighted by Gasteiger charge is 2.29. The fraction of sp³-hybridized carbons (Fsp3) is 0.310. The molecule has 4 aromatic rings. The molecule has 5 heterocycles. The summed E-state index contributed by atoms with van der Waals surface area (Å²) >= 11 is 0. The minimum atomic E-state index is -0.421. The van der Waals surface area contributed by atoms with Crippen LogP contribution in [0.1, 0.15) is 53.1 Å². The fourth-order valence-electron chi connectivity index (χ4n) is 5.61. The number of aromatic nitrogens is 4. The number of fused-ring (bicyclic) bond motifs is 2. The number of aryl methyl sites for hydroxylation is 2.